The molecule has 0 spiro atoms. The number of furan rings is 1. The standard InChI is InChI=1S/C6H5ClO2/c1-4-5(7)3-9-6(4)2-8/h2-3H,1H3. The second kappa shape index (κ2) is 2.23. The Bertz CT molecular complexity index is 227. The van der Waals surface area contributed by atoms with Gasteiger partial charge in [0.05, 0.1) is 5.02 Å². The van der Waals surface area contributed by atoms with Crippen LogP contribution in [0.15, 0.2) is 10.7 Å². The van der Waals surface area contributed by atoms with E-state index in [-0.39, 0.29) is 0 Å². The van der Waals surface area contributed by atoms with Gasteiger partial charge in [-0.3, -0.25) is 4.79 Å². The Kier molecular flexibility index (Phi) is 1.58. The van der Waals surface area contributed by atoms with Crippen molar-refractivity contribution in [1.82, 2.24) is 0 Å². The Hall–Kier alpha value is -0.760. The summed E-state index contributed by atoms with van der Waals surface area (Å²) in [6.45, 7) is 1.73. The lowest BCUT2D eigenvalue weighted by Gasteiger charge is -1.81. The monoisotopic (exact) mass is 144 g/mol. The van der Waals surface area contributed by atoms with Crippen molar-refractivity contribution in [2.45, 2.75) is 6.92 Å². The molecule has 9 heavy (non-hydrogen) atoms. The Morgan fingerprint density at radius 3 is 2.67 bits per heavy atom. The minimum Gasteiger partial charge on any atom is -0.460 e. The molecule has 3 heteroatoms. The highest BCUT2D eigenvalue weighted by Crippen LogP contribution is 2.18. The van der Waals surface area contributed by atoms with E-state index in [1.54, 1.807) is 6.92 Å². The number of hydrogen-bond acceptors (Lipinski definition) is 2. The highest BCUT2D eigenvalue weighted by atomic mass is 35.5. The van der Waals surface area contributed by atoms with Gasteiger partial charge in [0, 0.05) is 5.56 Å². The summed E-state index contributed by atoms with van der Waals surface area (Å²) in [4.78, 5) is 10.1. The quantitative estimate of drug-likeness (QED) is 0.565. The average molecular weight is 145 g/mol. The summed E-state index contributed by atoms with van der Waals surface area (Å²) in [5, 5.41) is 0.497. The molecular weight excluding hydrogens is 140 g/mol. The van der Waals surface area contributed by atoms with E-state index in [2.05, 4.69) is 0 Å². The van der Waals surface area contributed by atoms with E-state index in [0.29, 0.717) is 22.6 Å². The molecule has 0 aliphatic heterocycles. The van der Waals surface area contributed by atoms with Gasteiger partial charge >= 0.3 is 0 Å². The summed E-state index contributed by atoms with van der Waals surface area (Å²) in [6, 6.07) is 0. The van der Waals surface area contributed by atoms with E-state index in [1.165, 1.54) is 6.26 Å². The number of carbonyl (C=O) groups excluding carboxylic acids is 1. The highest BCUT2D eigenvalue weighted by molar-refractivity contribution is 6.31. The van der Waals surface area contributed by atoms with Crippen LogP contribution in [0.1, 0.15) is 16.1 Å². The van der Waals surface area contributed by atoms with Gasteiger partial charge in [-0.25, -0.2) is 0 Å². The molecule has 1 rings (SSSR count). The smallest absolute Gasteiger partial charge is 0.185 e. The van der Waals surface area contributed by atoms with Gasteiger partial charge in [-0.15, -0.1) is 0 Å². The number of halogens is 1. The van der Waals surface area contributed by atoms with Crippen LogP contribution >= 0.6 is 11.6 Å². The van der Waals surface area contributed by atoms with Crippen molar-refractivity contribution in [3.63, 3.8) is 0 Å². The number of carbonyl (C=O) groups is 1. The molecule has 0 radical (unpaired) electrons. The molecule has 0 unspecified atom stereocenters. The third-order valence-corrected chi connectivity index (χ3v) is 1.50. The molecule has 0 aliphatic rings. The van der Waals surface area contributed by atoms with Crippen LogP contribution in [-0.4, -0.2) is 6.29 Å². The molecule has 0 atom stereocenters. The zero-order chi connectivity index (χ0) is 6.85. The molecule has 2 nitrogen and oxygen atoms in total. The van der Waals surface area contributed by atoms with E-state index in [9.17, 15) is 4.79 Å². The second-order valence-electron chi connectivity index (χ2n) is 1.69. The molecule has 1 aromatic rings. The van der Waals surface area contributed by atoms with Crippen molar-refractivity contribution in [1.29, 1.82) is 0 Å². The first-order chi connectivity index (χ1) is 4.25. The molecule has 0 aliphatic carbocycles. The van der Waals surface area contributed by atoms with Crippen molar-refractivity contribution in [2.75, 3.05) is 0 Å². The third kappa shape index (κ3) is 0.980. The van der Waals surface area contributed by atoms with Crippen LogP contribution in [0.25, 0.3) is 0 Å². The maximum Gasteiger partial charge on any atom is 0.185 e. The summed E-state index contributed by atoms with van der Waals surface area (Å²) in [5.74, 6) is 0.306. The lowest BCUT2D eigenvalue weighted by atomic mass is 10.3. The Morgan fingerprint density at radius 2 is 2.44 bits per heavy atom. The lowest BCUT2D eigenvalue weighted by molar-refractivity contribution is 0.110. The van der Waals surface area contributed by atoms with E-state index >= 15 is 0 Å². The molecule has 0 saturated carbocycles. The zero-order valence-electron chi connectivity index (χ0n) is 4.85. The SMILES string of the molecule is Cc1c(Cl)coc1C=O. The topological polar surface area (TPSA) is 30.2 Å². The first-order valence-corrected chi connectivity index (χ1v) is 2.82. The number of aldehydes is 1. The molecule has 48 valence electrons. The summed E-state index contributed by atoms with van der Waals surface area (Å²) in [7, 11) is 0. The summed E-state index contributed by atoms with van der Waals surface area (Å²) >= 11 is 5.56. The van der Waals surface area contributed by atoms with Crippen LogP contribution in [0.2, 0.25) is 5.02 Å². The maximum atomic E-state index is 10.1. The molecule has 0 saturated heterocycles. The minimum absolute atomic E-state index is 0.306. The van der Waals surface area contributed by atoms with Crippen molar-refractivity contribution in [3.05, 3.63) is 22.6 Å². The van der Waals surface area contributed by atoms with Gasteiger partial charge < -0.3 is 4.42 Å². The first kappa shape index (κ1) is 6.36. The van der Waals surface area contributed by atoms with Gasteiger partial charge in [0.2, 0.25) is 0 Å². The van der Waals surface area contributed by atoms with Gasteiger partial charge in [-0.2, -0.15) is 0 Å². The average Bonchev–Trinajstić information content (AvgIpc) is 2.15. The molecular formula is C6H5ClO2. The van der Waals surface area contributed by atoms with Gasteiger partial charge in [0.25, 0.3) is 0 Å². The number of hydrogen-bond donors (Lipinski definition) is 0. The normalized spacial score (nSPS) is 9.56. The number of rotatable bonds is 1. The van der Waals surface area contributed by atoms with Crippen LogP contribution in [-0.2, 0) is 0 Å². The predicted molar refractivity (Wildman–Crippen MR) is 33.8 cm³/mol. The van der Waals surface area contributed by atoms with Crippen molar-refractivity contribution in [3.8, 4) is 0 Å². The van der Waals surface area contributed by atoms with Crippen LogP contribution in [0.5, 0.6) is 0 Å². The predicted octanol–water partition coefficient (Wildman–Crippen LogP) is 2.05. The van der Waals surface area contributed by atoms with Crippen molar-refractivity contribution in [2.24, 2.45) is 0 Å². The maximum absolute atomic E-state index is 10.1. The fourth-order valence-corrected chi connectivity index (χ4v) is 0.664. The van der Waals surface area contributed by atoms with E-state index in [1.807, 2.05) is 0 Å². The molecule has 0 N–H and O–H groups in total. The lowest BCUT2D eigenvalue weighted by Crippen LogP contribution is -1.76. The second-order valence-corrected chi connectivity index (χ2v) is 2.10. The fourth-order valence-electron chi connectivity index (χ4n) is 0.526. The minimum atomic E-state index is 0.306. The van der Waals surface area contributed by atoms with Gasteiger partial charge in [0.15, 0.2) is 12.0 Å². The molecule has 0 bridgehead atoms. The van der Waals surface area contributed by atoms with Crippen LogP contribution < -0.4 is 0 Å². The Morgan fingerprint density at radius 1 is 1.78 bits per heavy atom. The Labute approximate surface area is 57.4 Å². The van der Waals surface area contributed by atoms with Gasteiger partial charge in [-0.05, 0) is 6.92 Å². The molecule has 0 fully saturated rings. The largest absolute Gasteiger partial charge is 0.460 e. The third-order valence-electron chi connectivity index (χ3n) is 1.12. The molecule has 1 heterocycles. The van der Waals surface area contributed by atoms with Crippen LogP contribution in [0, 0.1) is 6.92 Å². The summed E-state index contributed by atoms with van der Waals surface area (Å²) in [6.07, 6.45) is 1.99. The fraction of sp³-hybridized carbons (Fsp3) is 0.167. The zero-order valence-corrected chi connectivity index (χ0v) is 5.61. The Balaban J connectivity index is 3.18. The van der Waals surface area contributed by atoms with Crippen molar-refractivity contribution < 1.29 is 9.21 Å². The van der Waals surface area contributed by atoms with E-state index in [4.69, 9.17) is 16.0 Å². The van der Waals surface area contributed by atoms with Gasteiger partial charge in [0.1, 0.15) is 6.26 Å². The summed E-state index contributed by atoms with van der Waals surface area (Å²) < 4.78 is 4.74. The van der Waals surface area contributed by atoms with E-state index in [0.717, 1.165) is 0 Å². The van der Waals surface area contributed by atoms with Crippen LogP contribution in [0.3, 0.4) is 0 Å². The molecule has 1 aromatic heterocycles. The molecule has 0 amide bonds. The van der Waals surface area contributed by atoms with Crippen molar-refractivity contribution >= 4 is 17.9 Å². The van der Waals surface area contributed by atoms with Gasteiger partial charge in [-0.1, -0.05) is 11.6 Å². The molecule has 0 aromatic carbocycles. The first-order valence-electron chi connectivity index (χ1n) is 2.44. The van der Waals surface area contributed by atoms with E-state index < -0.39 is 0 Å². The van der Waals surface area contributed by atoms with Crippen LogP contribution in [0.4, 0.5) is 0 Å². The summed E-state index contributed by atoms with van der Waals surface area (Å²) in [5.41, 5.74) is 0.701. The highest BCUT2D eigenvalue weighted by Gasteiger charge is 2.04.